The highest BCUT2D eigenvalue weighted by molar-refractivity contribution is 9.10. The molecule has 2 rings (SSSR count). The topological polar surface area (TPSA) is 26.0 Å². The van der Waals surface area contributed by atoms with Crippen molar-refractivity contribution in [3.8, 4) is 0 Å². The molecule has 0 heterocycles. The van der Waals surface area contributed by atoms with Crippen molar-refractivity contribution in [3.05, 3.63) is 34.3 Å². The third kappa shape index (κ3) is 3.32. The van der Waals surface area contributed by atoms with Gasteiger partial charge in [-0.15, -0.1) is 0 Å². The van der Waals surface area contributed by atoms with Crippen LogP contribution in [0.1, 0.15) is 50.5 Å². The molecular weight excluding hydrogens is 274 g/mol. The van der Waals surface area contributed by atoms with Gasteiger partial charge in [-0.25, -0.2) is 0 Å². The summed E-state index contributed by atoms with van der Waals surface area (Å²) in [7, 11) is 0. The molecule has 0 aromatic heterocycles. The Morgan fingerprint density at radius 3 is 2.41 bits per heavy atom. The minimum Gasteiger partial charge on any atom is -0.328 e. The van der Waals surface area contributed by atoms with Gasteiger partial charge in [0.1, 0.15) is 0 Å². The van der Waals surface area contributed by atoms with Crippen molar-refractivity contribution >= 4 is 15.9 Å². The molecule has 1 aromatic carbocycles. The first-order chi connectivity index (χ1) is 8.18. The minimum absolute atomic E-state index is 0.307. The molecule has 1 aliphatic carbocycles. The van der Waals surface area contributed by atoms with Gasteiger partial charge < -0.3 is 5.73 Å². The van der Waals surface area contributed by atoms with Crippen LogP contribution in [0, 0.1) is 5.92 Å². The molecule has 0 spiro atoms. The standard InChI is InChI=1S/C15H22BrN/c1-11(17)14-5-3-2-4-6-15(14)12-7-9-13(16)10-8-12/h7-11,14-15H,2-6,17H2,1H3. The zero-order chi connectivity index (χ0) is 12.3. The Labute approximate surface area is 113 Å². The normalized spacial score (nSPS) is 27.5. The molecule has 0 aliphatic heterocycles. The quantitative estimate of drug-likeness (QED) is 0.801. The van der Waals surface area contributed by atoms with Crippen molar-refractivity contribution in [3.63, 3.8) is 0 Å². The van der Waals surface area contributed by atoms with Crippen LogP contribution in [0.4, 0.5) is 0 Å². The maximum Gasteiger partial charge on any atom is 0.0175 e. The second-order valence-electron chi connectivity index (χ2n) is 5.32. The van der Waals surface area contributed by atoms with Crippen LogP contribution in [-0.4, -0.2) is 6.04 Å². The van der Waals surface area contributed by atoms with Gasteiger partial charge in [-0.1, -0.05) is 47.3 Å². The Morgan fingerprint density at radius 2 is 1.76 bits per heavy atom. The smallest absolute Gasteiger partial charge is 0.0175 e. The molecule has 3 atom stereocenters. The van der Waals surface area contributed by atoms with E-state index in [4.69, 9.17) is 5.73 Å². The Hall–Kier alpha value is -0.340. The lowest BCUT2D eigenvalue weighted by Gasteiger charge is -2.28. The van der Waals surface area contributed by atoms with Crippen LogP contribution in [0.15, 0.2) is 28.7 Å². The monoisotopic (exact) mass is 295 g/mol. The van der Waals surface area contributed by atoms with Gasteiger partial charge in [-0.3, -0.25) is 0 Å². The van der Waals surface area contributed by atoms with E-state index in [-0.39, 0.29) is 0 Å². The number of hydrogen-bond acceptors (Lipinski definition) is 1. The molecule has 0 saturated heterocycles. The van der Waals surface area contributed by atoms with Crippen LogP contribution in [0.2, 0.25) is 0 Å². The van der Waals surface area contributed by atoms with E-state index in [2.05, 4.69) is 47.1 Å². The Kier molecular flexibility index (Phi) is 4.63. The summed E-state index contributed by atoms with van der Waals surface area (Å²) in [6.45, 7) is 2.17. The first kappa shape index (κ1) is 13.1. The fraction of sp³-hybridized carbons (Fsp3) is 0.600. The fourth-order valence-electron chi connectivity index (χ4n) is 3.09. The Bertz CT molecular complexity index is 344. The zero-order valence-corrected chi connectivity index (χ0v) is 12.1. The van der Waals surface area contributed by atoms with Crippen LogP contribution in [0.5, 0.6) is 0 Å². The van der Waals surface area contributed by atoms with E-state index in [9.17, 15) is 0 Å². The van der Waals surface area contributed by atoms with Gasteiger partial charge in [0.2, 0.25) is 0 Å². The van der Waals surface area contributed by atoms with Gasteiger partial charge in [0, 0.05) is 10.5 Å². The second kappa shape index (κ2) is 6.01. The maximum absolute atomic E-state index is 6.18. The van der Waals surface area contributed by atoms with Gasteiger partial charge in [-0.2, -0.15) is 0 Å². The van der Waals surface area contributed by atoms with Crippen molar-refractivity contribution in [2.24, 2.45) is 11.7 Å². The van der Waals surface area contributed by atoms with Gasteiger partial charge >= 0.3 is 0 Å². The summed E-state index contributed by atoms with van der Waals surface area (Å²) in [6.07, 6.45) is 6.66. The van der Waals surface area contributed by atoms with E-state index in [0.29, 0.717) is 17.9 Å². The van der Waals surface area contributed by atoms with Crippen LogP contribution in [0.25, 0.3) is 0 Å². The lowest BCUT2D eigenvalue weighted by molar-refractivity contribution is 0.345. The summed E-state index contributed by atoms with van der Waals surface area (Å²) in [5.74, 6) is 1.31. The van der Waals surface area contributed by atoms with Crippen LogP contribution >= 0.6 is 15.9 Å². The Balaban J connectivity index is 2.22. The van der Waals surface area contributed by atoms with Crippen molar-refractivity contribution < 1.29 is 0 Å². The van der Waals surface area contributed by atoms with Gasteiger partial charge in [0.05, 0.1) is 0 Å². The van der Waals surface area contributed by atoms with Crippen LogP contribution in [0.3, 0.4) is 0 Å². The molecule has 0 radical (unpaired) electrons. The SMILES string of the molecule is CC(N)C1CCCCCC1c1ccc(Br)cc1. The molecule has 3 unspecified atom stereocenters. The van der Waals surface area contributed by atoms with Gasteiger partial charge in [0.15, 0.2) is 0 Å². The molecule has 17 heavy (non-hydrogen) atoms. The molecule has 1 nitrogen and oxygen atoms in total. The molecule has 0 amide bonds. The highest BCUT2D eigenvalue weighted by atomic mass is 79.9. The lowest BCUT2D eigenvalue weighted by atomic mass is 9.79. The molecule has 2 heteroatoms. The lowest BCUT2D eigenvalue weighted by Crippen LogP contribution is -2.31. The number of rotatable bonds is 2. The van der Waals surface area contributed by atoms with Gasteiger partial charge in [-0.05, 0) is 49.3 Å². The van der Waals surface area contributed by atoms with Crippen molar-refractivity contribution in [2.45, 2.75) is 51.0 Å². The number of nitrogens with two attached hydrogens (primary N) is 1. The molecule has 1 aliphatic rings. The summed E-state index contributed by atoms with van der Waals surface area (Å²) >= 11 is 3.50. The maximum atomic E-state index is 6.18. The Morgan fingerprint density at radius 1 is 1.12 bits per heavy atom. The highest BCUT2D eigenvalue weighted by Gasteiger charge is 2.27. The predicted octanol–water partition coefficient (Wildman–Crippen LogP) is 4.46. The molecular formula is C15H22BrN. The summed E-state index contributed by atoms with van der Waals surface area (Å²) in [4.78, 5) is 0. The van der Waals surface area contributed by atoms with Crippen molar-refractivity contribution in [1.82, 2.24) is 0 Å². The molecule has 1 saturated carbocycles. The second-order valence-corrected chi connectivity index (χ2v) is 6.23. The number of benzene rings is 1. The third-order valence-electron chi connectivity index (χ3n) is 4.04. The fourth-order valence-corrected chi connectivity index (χ4v) is 3.35. The summed E-state index contributed by atoms with van der Waals surface area (Å²) < 4.78 is 1.16. The minimum atomic E-state index is 0.307. The summed E-state index contributed by atoms with van der Waals surface area (Å²) in [6, 6.07) is 9.13. The van der Waals surface area contributed by atoms with Crippen LogP contribution < -0.4 is 5.73 Å². The zero-order valence-electron chi connectivity index (χ0n) is 10.5. The van der Waals surface area contributed by atoms with E-state index in [0.717, 1.165) is 4.47 Å². The van der Waals surface area contributed by atoms with E-state index in [1.165, 1.54) is 37.7 Å². The largest absolute Gasteiger partial charge is 0.328 e. The predicted molar refractivity (Wildman–Crippen MR) is 77.1 cm³/mol. The number of hydrogen-bond donors (Lipinski definition) is 1. The summed E-state index contributed by atoms with van der Waals surface area (Å²) in [5, 5.41) is 0. The van der Waals surface area contributed by atoms with Gasteiger partial charge in [0.25, 0.3) is 0 Å². The number of halogens is 1. The third-order valence-corrected chi connectivity index (χ3v) is 4.57. The van der Waals surface area contributed by atoms with Crippen molar-refractivity contribution in [2.75, 3.05) is 0 Å². The van der Waals surface area contributed by atoms with E-state index in [1.807, 2.05) is 0 Å². The molecule has 1 fully saturated rings. The van der Waals surface area contributed by atoms with E-state index >= 15 is 0 Å². The van der Waals surface area contributed by atoms with E-state index < -0.39 is 0 Å². The molecule has 94 valence electrons. The summed E-state index contributed by atoms with van der Waals surface area (Å²) in [5.41, 5.74) is 7.65. The molecule has 2 N–H and O–H groups in total. The molecule has 0 bridgehead atoms. The first-order valence-corrected chi connectivity index (χ1v) is 7.49. The van der Waals surface area contributed by atoms with Crippen molar-refractivity contribution in [1.29, 1.82) is 0 Å². The van der Waals surface area contributed by atoms with Crippen LogP contribution in [-0.2, 0) is 0 Å². The average Bonchev–Trinajstić information content (AvgIpc) is 2.55. The highest BCUT2D eigenvalue weighted by Crippen LogP contribution is 2.38. The first-order valence-electron chi connectivity index (χ1n) is 6.69. The molecule has 1 aromatic rings. The average molecular weight is 296 g/mol. The van der Waals surface area contributed by atoms with E-state index in [1.54, 1.807) is 0 Å².